The fraction of sp³-hybridized carbons (Fsp3) is 0.273. The molecule has 2 heterocycles. The molecule has 4 nitrogen and oxygen atoms in total. The molecule has 0 saturated carbocycles. The molecule has 0 unspecified atom stereocenters. The molecule has 0 fully saturated rings. The topological polar surface area (TPSA) is 34.6 Å². The highest BCUT2D eigenvalue weighted by atomic mass is 15.0. The Hall–Kier alpha value is -4.96. The zero-order valence-corrected chi connectivity index (χ0v) is 28.4. The predicted octanol–water partition coefficient (Wildman–Crippen LogP) is 12.6. The molecule has 0 aliphatic rings. The number of aliphatic imine (C=N–C) groups is 2. The van der Waals surface area contributed by atoms with Crippen LogP contribution in [0.3, 0.4) is 0 Å². The minimum atomic E-state index is 0.917. The van der Waals surface area contributed by atoms with Crippen LogP contribution in [0, 0.1) is 0 Å². The van der Waals surface area contributed by atoms with E-state index in [1.165, 1.54) is 95.0 Å². The molecule has 0 bridgehead atoms. The third-order valence-corrected chi connectivity index (χ3v) is 9.64. The Labute approximate surface area is 284 Å². The van der Waals surface area contributed by atoms with E-state index in [1.807, 2.05) is 36.7 Å². The monoisotopic (exact) mass is 630 g/mol. The van der Waals surface area contributed by atoms with Crippen molar-refractivity contribution in [3.63, 3.8) is 0 Å². The zero-order valence-electron chi connectivity index (χ0n) is 28.4. The van der Waals surface area contributed by atoms with Crippen LogP contribution in [0.15, 0.2) is 119 Å². The lowest BCUT2D eigenvalue weighted by atomic mass is 10.1. The molecule has 7 aromatic rings. The van der Waals surface area contributed by atoms with Crippen LogP contribution >= 0.6 is 0 Å². The molecule has 0 spiro atoms. The first-order valence-corrected chi connectivity index (χ1v) is 17.9. The number of hydrogen-bond donors (Lipinski definition) is 0. The van der Waals surface area contributed by atoms with Crippen LogP contribution in [0.1, 0.15) is 76.3 Å². The van der Waals surface area contributed by atoms with Gasteiger partial charge in [-0.1, -0.05) is 101 Å². The molecule has 0 N–H and O–H groups in total. The van der Waals surface area contributed by atoms with Crippen molar-refractivity contribution in [1.82, 2.24) is 9.13 Å². The molecule has 0 amide bonds. The van der Waals surface area contributed by atoms with Crippen molar-refractivity contribution < 1.29 is 0 Å². The van der Waals surface area contributed by atoms with E-state index in [2.05, 4.69) is 108 Å². The Bertz CT molecular complexity index is 2050. The fourth-order valence-corrected chi connectivity index (χ4v) is 7.10. The van der Waals surface area contributed by atoms with Gasteiger partial charge in [-0.25, -0.2) is 0 Å². The SMILES string of the molecule is CCCCCCn1c2ccccc2c2cc(C=Nc3ccc(N=Cc4ccc5c(c4)c4ccccc4n5CCCCCC)cc3)ccc21. The number of aromatic nitrogens is 2. The Morgan fingerprint density at radius 2 is 0.854 bits per heavy atom. The van der Waals surface area contributed by atoms with Gasteiger partial charge in [0.15, 0.2) is 0 Å². The standard InChI is InChI=1S/C44H46N4/c1-3-5-7-13-27-47-41-17-11-9-15-37(41)39-29-33(19-25-43(39)47)31-45-35-21-23-36(24-22-35)46-32-34-20-26-44-40(30-34)38-16-10-12-18-42(38)48(44)28-14-8-6-4-2/h9-12,15-26,29-32H,3-8,13-14,27-28H2,1-2H3. The van der Waals surface area contributed by atoms with Gasteiger partial charge in [-0.2, -0.15) is 0 Å². The van der Waals surface area contributed by atoms with E-state index in [1.54, 1.807) is 0 Å². The highest BCUT2D eigenvalue weighted by Gasteiger charge is 2.12. The summed E-state index contributed by atoms with van der Waals surface area (Å²) >= 11 is 0. The maximum absolute atomic E-state index is 4.81. The third-order valence-electron chi connectivity index (χ3n) is 9.64. The molecular weight excluding hydrogens is 585 g/mol. The maximum atomic E-state index is 4.81. The summed E-state index contributed by atoms with van der Waals surface area (Å²) in [4.78, 5) is 9.62. The normalized spacial score (nSPS) is 12.2. The summed E-state index contributed by atoms with van der Waals surface area (Å²) < 4.78 is 4.98. The van der Waals surface area contributed by atoms with E-state index in [4.69, 9.17) is 9.98 Å². The molecule has 242 valence electrons. The lowest BCUT2D eigenvalue weighted by Crippen LogP contribution is -1.97. The van der Waals surface area contributed by atoms with E-state index < -0.39 is 0 Å². The summed E-state index contributed by atoms with van der Waals surface area (Å²) in [5.41, 5.74) is 9.30. The van der Waals surface area contributed by atoms with Crippen LogP contribution in [0.2, 0.25) is 0 Å². The summed E-state index contributed by atoms with van der Waals surface area (Å²) in [7, 11) is 0. The van der Waals surface area contributed by atoms with Crippen LogP contribution in [-0.4, -0.2) is 21.6 Å². The second-order valence-electron chi connectivity index (χ2n) is 13.0. The van der Waals surface area contributed by atoms with Crippen molar-refractivity contribution in [3.8, 4) is 0 Å². The van der Waals surface area contributed by atoms with Gasteiger partial charge in [0.1, 0.15) is 0 Å². The Balaban J connectivity index is 1.06. The Morgan fingerprint density at radius 3 is 1.29 bits per heavy atom. The summed E-state index contributed by atoms with van der Waals surface area (Å²) in [6.07, 6.45) is 14.0. The third kappa shape index (κ3) is 6.71. The largest absolute Gasteiger partial charge is 0.340 e. The van der Waals surface area contributed by atoms with E-state index in [0.29, 0.717) is 0 Å². The molecule has 48 heavy (non-hydrogen) atoms. The molecule has 5 aromatic carbocycles. The molecule has 0 atom stereocenters. The minimum absolute atomic E-state index is 0.917. The quantitative estimate of drug-likeness (QED) is 0.0846. The highest BCUT2D eigenvalue weighted by molar-refractivity contribution is 6.10. The molecule has 7 rings (SSSR count). The molecular formula is C44H46N4. The number of nitrogens with zero attached hydrogens (tertiary/aromatic N) is 4. The van der Waals surface area contributed by atoms with Crippen molar-refractivity contribution in [2.75, 3.05) is 0 Å². The number of aryl methyl sites for hydroxylation is 2. The van der Waals surface area contributed by atoms with Crippen molar-refractivity contribution in [2.45, 2.75) is 78.3 Å². The van der Waals surface area contributed by atoms with Gasteiger partial charge in [-0.3, -0.25) is 9.98 Å². The van der Waals surface area contributed by atoms with Crippen LogP contribution in [0.25, 0.3) is 43.6 Å². The molecule has 4 heteroatoms. The minimum Gasteiger partial charge on any atom is -0.340 e. The van der Waals surface area contributed by atoms with Crippen LogP contribution < -0.4 is 0 Å². The number of rotatable bonds is 14. The van der Waals surface area contributed by atoms with Gasteiger partial charge >= 0.3 is 0 Å². The first-order valence-electron chi connectivity index (χ1n) is 17.9. The van der Waals surface area contributed by atoms with Crippen molar-refractivity contribution in [2.24, 2.45) is 9.98 Å². The number of unbranched alkanes of at least 4 members (excludes halogenated alkanes) is 6. The van der Waals surface area contributed by atoms with Crippen LogP contribution in [0.4, 0.5) is 11.4 Å². The zero-order chi connectivity index (χ0) is 32.7. The number of para-hydroxylation sites is 2. The van der Waals surface area contributed by atoms with Gasteiger partial charge in [-0.15, -0.1) is 0 Å². The lowest BCUT2D eigenvalue weighted by Gasteiger charge is -2.07. The van der Waals surface area contributed by atoms with Gasteiger partial charge in [0, 0.05) is 69.1 Å². The van der Waals surface area contributed by atoms with E-state index in [-0.39, 0.29) is 0 Å². The molecule has 0 saturated heterocycles. The van der Waals surface area contributed by atoms with E-state index in [9.17, 15) is 0 Å². The number of fused-ring (bicyclic) bond motifs is 6. The molecule has 0 aliphatic heterocycles. The second kappa shape index (κ2) is 14.9. The van der Waals surface area contributed by atoms with Crippen molar-refractivity contribution in [3.05, 3.63) is 120 Å². The van der Waals surface area contributed by atoms with Crippen molar-refractivity contribution in [1.29, 1.82) is 0 Å². The molecule has 2 aromatic heterocycles. The van der Waals surface area contributed by atoms with E-state index >= 15 is 0 Å². The first kappa shape index (κ1) is 31.6. The Morgan fingerprint density at radius 1 is 0.438 bits per heavy atom. The summed E-state index contributed by atoms with van der Waals surface area (Å²) in [6, 6.07) is 39.2. The average Bonchev–Trinajstić information content (AvgIpc) is 3.62. The molecule has 0 radical (unpaired) electrons. The summed E-state index contributed by atoms with van der Waals surface area (Å²) in [5.74, 6) is 0. The Kier molecular flexibility index (Phi) is 9.79. The van der Waals surface area contributed by atoms with Gasteiger partial charge < -0.3 is 9.13 Å². The maximum Gasteiger partial charge on any atom is 0.0631 e. The van der Waals surface area contributed by atoms with Crippen LogP contribution in [0.5, 0.6) is 0 Å². The van der Waals surface area contributed by atoms with Crippen LogP contribution in [-0.2, 0) is 13.1 Å². The molecule has 0 aliphatic carbocycles. The smallest absolute Gasteiger partial charge is 0.0631 e. The highest BCUT2D eigenvalue weighted by Crippen LogP contribution is 2.32. The fourth-order valence-electron chi connectivity index (χ4n) is 7.10. The summed E-state index contributed by atoms with van der Waals surface area (Å²) in [5, 5.41) is 5.22. The first-order chi connectivity index (χ1) is 23.7. The van der Waals surface area contributed by atoms with Crippen molar-refractivity contribution >= 4 is 67.4 Å². The second-order valence-corrected chi connectivity index (χ2v) is 13.0. The van der Waals surface area contributed by atoms with Gasteiger partial charge in [0.25, 0.3) is 0 Å². The number of benzene rings is 5. The van der Waals surface area contributed by atoms with Gasteiger partial charge in [0.2, 0.25) is 0 Å². The van der Waals surface area contributed by atoms with Gasteiger partial charge in [-0.05, 0) is 84.6 Å². The predicted molar refractivity (Wildman–Crippen MR) is 208 cm³/mol. The summed E-state index contributed by atoms with van der Waals surface area (Å²) in [6.45, 7) is 6.66. The van der Waals surface area contributed by atoms with Gasteiger partial charge in [0.05, 0.1) is 11.4 Å². The lowest BCUT2D eigenvalue weighted by molar-refractivity contribution is 0.602. The number of hydrogen-bond acceptors (Lipinski definition) is 2. The average molecular weight is 631 g/mol. The van der Waals surface area contributed by atoms with E-state index in [0.717, 1.165) is 35.6 Å².